The van der Waals surface area contributed by atoms with Crippen molar-refractivity contribution in [1.82, 2.24) is 0 Å². The summed E-state index contributed by atoms with van der Waals surface area (Å²) in [6, 6.07) is 0. The summed E-state index contributed by atoms with van der Waals surface area (Å²) in [5.74, 6) is 0.182. The zero-order chi connectivity index (χ0) is 8.06. The predicted octanol–water partition coefficient (Wildman–Crippen LogP) is 1.05. The maximum absolute atomic E-state index is 11.0. The SMILES string of the molecule is C[C@@]12CC(=O)C=C1CC[C@H]2O. The Morgan fingerprint density at radius 2 is 2.45 bits per heavy atom. The number of ketones is 1. The average molecular weight is 152 g/mol. The first-order chi connectivity index (χ1) is 5.13. The van der Waals surface area contributed by atoms with Crippen LogP contribution in [0.1, 0.15) is 26.2 Å². The number of hydrogen-bond acceptors (Lipinski definition) is 2. The molecule has 1 N–H and O–H groups in total. The van der Waals surface area contributed by atoms with Crippen molar-refractivity contribution in [2.75, 3.05) is 0 Å². The highest BCUT2D eigenvalue weighted by Gasteiger charge is 2.46. The standard InChI is InChI=1S/C9H12O2/c1-9-5-7(10)4-6(9)2-3-8(9)11/h4,8,11H,2-3,5H2,1H3/t8-,9-/m1/s1. The fourth-order valence-corrected chi connectivity index (χ4v) is 2.19. The van der Waals surface area contributed by atoms with E-state index in [1.807, 2.05) is 6.92 Å². The summed E-state index contributed by atoms with van der Waals surface area (Å²) < 4.78 is 0. The molecule has 2 aliphatic rings. The van der Waals surface area contributed by atoms with Crippen LogP contribution >= 0.6 is 0 Å². The van der Waals surface area contributed by atoms with E-state index in [-0.39, 0.29) is 17.3 Å². The highest BCUT2D eigenvalue weighted by molar-refractivity contribution is 5.94. The molecule has 0 saturated heterocycles. The number of aliphatic hydroxyl groups excluding tert-OH is 1. The van der Waals surface area contributed by atoms with Gasteiger partial charge < -0.3 is 5.11 Å². The van der Waals surface area contributed by atoms with Gasteiger partial charge in [-0.05, 0) is 18.9 Å². The molecule has 2 nitrogen and oxygen atoms in total. The van der Waals surface area contributed by atoms with Gasteiger partial charge in [0, 0.05) is 11.8 Å². The zero-order valence-electron chi connectivity index (χ0n) is 6.63. The molecule has 11 heavy (non-hydrogen) atoms. The van der Waals surface area contributed by atoms with Gasteiger partial charge in [-0.3, -0.25) is 4.79 Å². The lowest BCUT2D eigenvalue weighted by Gasteiger charge is -2.24. The van der Waals surface area contributed by atoms with Crippen LogP contribution in [0, 0.1) is 5.41 Å². The number of rotatable bonds is 0. The van der Waals surface area contributed by atoms with Crippen molar-refractivity contribution in [3.05, 3.63) is 11.6 Å². The van der Waals surface area contributed by atoms with Gasteiger partial charge in [0.1, 0.15) is 0 Å². The molecule has 0 aromatic heterocycles. The molecule has 2 aliphatic carbocycles. The predicted molar refractivity (Wildman–Crippen MR) is 41.1 cm³/mol. The van der Waals surface area contributed by atoms with Crippen LogP contribution in [0.15, 0.2) is 11.6 Å². The molecule has 0 heterocycles. The highest BCUT2D eigenvalue weighted by atomic mass is 16.3. The minimum absolute atomic E-state index is 0.182. The van der Waals surface area contributed by atoms with Gasteiger partial charge in [-0.2, -0.15) is 0 Å². The number of allylic oxidation sites excluding steroid dienone is 1. The van der Waals surface area contributed by atoms with E-state index in [2.05, 4.69) is 0 Å². The molecule has 0 aliphatic heterocycles. The highest BCUT2D eigenvalue weighted by Crippen LogP contribution is 2.49. The van der Waals surface area contributed by atoms with Gasteiger partial charge in [-0.1, -0.05) is 12.5 Å². The second-order valence-electron chi connectivity index (χ2n) is 3.78. The molecular weight excluding hydrogens is 140 g/mol. The maximum Gasteiger partial charge on any atom is 0.156 e. The summed E-state index contributed by atoms with van der Waals surface area (Å²) in [6.07, 6.45) is 3.68. The third-order valence-corrected chi connectivity index (χ3v) is 3.03. The largest absolute Gasteiger partial charge is 0.392 e. The molecule has 0 radical (unpaired) electrons. The number of hydrogen-bond donors (Lipinski definition) is 1. The van der Waals surface area contributed by atoms with Gasteiger partial charge in [0.25, 0.3) is 0 Å². The Balaban J connectivity index is 2.39. The third kappa shape index (κ3) is 0.791. The topological polar surface area (TPSA) is 37.3 Å². The lowest BCUT2D eigenvalue weighted by molar-refractivity contribution is -0.116. The van der Waals surface area contributed by atoms with E-state index in [0.717, 1.165) is 18.4 Å². The van der Waals surface area contributed by atoms with Gasteiger partial charge in [0.2, 0.25) is 0 Å². The van der Waals surface area contributed by atoms with Crippen molar-refractivity contribution < 1.29 is 9.90 Å². The van der Waals surface area contributed by atoms with Crippen LogP contribution in [0.2, 0.25) is 0 Å². The summed E-state index contributed by atoms with van der Waals surface area (Å²) in [6.45, 7) is 1.99. The fourth-order valence-electron chi connectivity index (χ4n) is 2.19. The Morgan fingerprint density at radius 1 is 1.73 bits per heavy atom. The van der Waals surface area contributed by atoms with Crippen molar-refractivity contribution in [3.63, 3.8) is 0 Å². The van der Waals surface area contributed by atoms with Crippen LogP contribution in [0.3, 0.4) is 0 Å². The minimum Gasteiger partial charge on any atom is -0.392 e. The fraction of sp³-hybridized carbons (Fsp3) is 0.667. The number of aliphatic hydroxyl groups is 1. The Labute approximate surface area is 65.9 Å². The van der Waals surface area contributed by atoms with E-state index in [1.165, 1.54) is 0 Å². The molecule has 2 atom stereocenters. The molecule has 0 aromatic carbocycles. The quantitative estimate of drug-likeness (QED) is 0.563. The van der Waals surface area contributed by atoms with Crippen LogP contribution in [0.5, 0.6) is 0 Å². The molecule has 0 amide bonds. The second-order valence-corrected chi connectivity index (χ2v) is 3.78. The number of carbonyl (C=O) groups excluding carboxylic acids is 1. The number of fused-ring (bicyclic) bond motifs is 1. The van der Waals surface area contributed by atoms with Crippen LogP contribution in [-0.4, -0.2) is 17.0 Å². The zero-order valence-corrected chi connectivity index (χ0v) is 6.63. The second kappa shape index (κ2) is 1.95. The summed E-state index contributed by atoms with van der Waals surface area (Å²) in [5, 5.41) is 9.58. The van der Waals surface area contributed by atoms with Crippen LogP contribution < -0.4 is 0 Å². The molecular formula is C9H12O2. The first-order valence-electron chi connectivity index (χ1n) is 4.05. The lowest BCUT2D eigenvalue weighted by Crippen LogP contribution is -2.26. The molecule has 0 aromatic rings. The molecule has 0 spiro atoms. The molecule has 60 valence electrons. The van der Waals surface area contributed by atoms with E-state index < -0.39 is 0 Å². The van der Waals surface area contributed by atoms with Crippen molar-refractivity contribution in [1.29, 1.82) is 0 Å². The Bertz CT molecular complexity index is 242. The smallest absolute Gasteiger partial charge is 0.156 e. The van der Waals surface area contributed by atoms with Crippen LogP contribution in [0.25, 0.3) is 0 Å². The van der Waals surface area contributed by atoms with Gasteiger partial charge in [0.15, 0.2) is 5.78 Å². The van der Waals surface area contributed by atoms with Crippen molar-refractivity contribution >= 4 is 5.78 Å². The van der Waals surface area contributed by atoms with Gasteiger partial charge >= 0.3 is 0 Å². The van der Waals surface area contributed by atoms with E-state index >= 15 is 0 Å². The Hall–Kier alpha value is -0.630. The molecule has 0 bridgehead atoms. The minimum atomic E-state index is -0.291. The van der Waals surface area contributed by atoms with E-state index in [4.69, 9.17) is 0 Å². The molecule has 1 fully saturated rings. The Kier molecular flexibility index (Phi) is 1.25. The van der Waals surface area contributed by atoms with Crippen molar-refractivity contribution in [3.8, 4) is 0 Å². The molecule has 2 rings (SSSR count). The van der Waals surface area contributed by atoms with E-state index in [1.54, 1.807) is 6.08 Å². The maximum atomic E-state index is 11.0. The van der Waals surface area contributed by atoms with Gasteiger partial charge in [0.05, 0.1) is 6.10 Å². The van der Waals surface area contributed by atoms with Crippen molar-refractivity contribution in [2.45, 2.75) is 32.3 Å². The average Bonchev–Trinajstić information content (AvgIpc) is 2.32. The first-order valence-corrected chi connectivity index (χ1v) is 4.05. The Morgan fingerprint density at radius 3 is 3.09 bits per heavy atom. The van der Waals surface area contributed by atoms with Gasteiger partial charge in [-0.15, -0.1) is 0 Å². The van der Waals surface area contributed by atoms with E-state index in [0.29, 0.717) is 6.42 Å². The summed E-state index contributed by atoms with van der Waals surface area (Å²) in [7, 11) is 0. The lowest BCUT2D eigenvalue weighted by atomic mass is 9.83. The molecule has 0 unspecified atom stereocenters. The third-order valence-electron chi connectivity index (χ3n) is 3.03. The number of carbonyl (C=O) groups is 1. The summed E-state index contributed by atoms with van der Waals surface area (Å²) >= 11 is 0. The first kappa shape index (κ1) is 7.04. The van der Waals surface area contributed by atoms with E-state index in [9.17, 15) is 9.90 Å². The molecule has 1 saturated carbocycles. The van der Waals surface area contributed by atoms with Crippen molar-refractivity contribution in [2.24, 2.45) is 5.41 Å². The summed E-state index contributed by atoms with van der Waals surface area (Å²) in [4.78, 5) is 11.0. The van der Waals surface area contributed by atoms with Gasteiger partial charge in [-0.25, -0.2) is 0 Å². The summed E-state index contributed by atoms with van der Waals surface area (Å²) in [5.41, 5.74) is 0.965. The van der Waals surface area contributed by atoms with Crippen LogP contribution in [0.4, 0.5) is 0 Å². The van der Waals surface area contributed by atoms with Crippen LogP contribution in [-0.2, 0) is 4.79 Å². The normalized spacial score (nSPS) is 42.5. The molecule has 2 heteroatoms. The monoisotopic (exact) mass is 152 g/mol.